The minimum absolute atomic E-state index is 0.0726. The van der Waals surface area contributed by atoms with Gasteiger partial charge in [0.2, 0.25) is 0 Å². The molecule has 4 rings (SSSR count). The van der Waals surface area contributed by atoms with Gasteiger partial charge in [-0.05, 0) is 32.8 Å². The lowest BCUT2D eigenvalue weighted by Gasteiger charge is -2.50. The van der Waals surface area contributed by atoms with Gasteiger partial charge in [-0.2, -0.15) is 0 Å². The van der Waals surface area contributed by atoms with Crippen molar-refractivity contribution in [3.8, 4) is 0 Å². The third kappa shape index (κ3) is 3.49. The molecule has 0 N–H and O–H groups in total. The summed E-state index contributed by atoms with van der Waals surface area (Å²) < 4.78 is 16.4. The van der Waals surface area contributed by atoms with E-state index in [1.165, 1.54) is 0 Å². The first-order chi connectivity index (χ1) is 14.0. The van der Waals surface area contributed by atoms with Gasteiger partial charge < -0.3 is 9.80 Å². The van der Waals surface area contributed by atoms with Crippen molar-refractivity contribution in [3.63, 3.8) is 0 Å². The molecule has 3 atom stereocenters. The van der Waals surface area contributed by atoms with E-state index in [9.17, 15) is 0 Å². The average Bonchev–Trinajstić information content (AvgIpc) is 3.12. The highest BCUT2D eigenvalue weighted by atomic mass is 19.1. The second-order valence-corrected chi connectivity index (χ2v) is 7.26. The van der Waals surface area contributed by atoms with Crippen molar-refractivity contribution < 1.29 is 4.39 Å². The summed E-state index contributed by atoms with van der Waals surface area (Å²) >= 11 is 0. The molecule has 29 heavy (non-hydrogen) atoms. The minimum atomic E-state index is -1.34. The Morgan fingerprint density at radius 2 is 1.72 bits per heavy atom. The van der Waals surface area contributed by atoms with E-state index in [1.54, 1.807) is 6.33 Å². The van der Waals surface area contributed by atoms with E-state index in [4.69, 9.17) is 0 Å². The van der Waals surface area contributed by atoms with Crippen molar-refractivity contribution in [1.82, 2.24) is 9.97 Å². The highest BCUT2D eigenvalue weighted by Gasteiger charge is 2.56. The maximum atomic E-state index is 16.4. The molecule has 3 heterocycles. The Morgan fingerprint density at radius 3 is 2.31 bits per heavy atom. The summed E-state index contributed by atoms with van der Waals surface area (Å²) in [6, 6.07) is 8.12. The Balaban J connectivity index is 0.000000707. The van der Waals surface area contributed by atoms with Gasteiger partial charge >= 0.3 is 0 Å². The predicted octanol–water partition coefficient (Wildman–Crippen LogP) is 6.84. The molecule has 1 aromatic carbocycles. The number of nitrogens with zero attached hydrogens (tertiary/aromatic N) is 4. The molecule has 2 aliphatic heterocycles. The molecule has 5 heteroatoms. The van der Waals surface area contributed by atoms with Crippen molar-refractivity contribution in [3.05, 3.63) is 42.4 Å². The van der Waals surface area contributed by atoms with Crippen molar-refractivity contribution in [2.75, 3.05) is 9.80 Å². The highest BCUT2D eigenvalue weighted by Crippen LogP contribution is 2.57. The number of aromatic nitrogens is 2. The van der Waals surface area contributed by atoms with Crippen LogP contribution in [-0.2, 0) is 5.67 Å². The Hall–Kier alpha value is -2.17. The largest absolute Gasteiger partial charge is 0.344 e. The molecule has 1 aromatic heterocycles. The number of hydrogen-bond donors (Lipinski definition) is 0. The molecule has 0 radical (unpaired) electrons. The number of rotatable bonds is 3. The molecule has 4 nitrogen and oxygen atoms in total. The second kappa shape index (κ2) is 9.55. The lowest BCUT2D eigenvalue weighted by molar-refractivity contribution is 0.0451. The third-order valence-corrected chi connectivity index (χ3v) is 5.80. The van der Waals surface area contributed by atoms with Crippen LogP contribution in [-0.4, -0.2) is 22.2 Å². The van der Waals surface area contributed by atoms with Crippen LogP contribution in [0.1, 0.15) is 73.8 Å². The van der Waals surface area contributed by atoms with Gasteiger partial charge in [0.05, 0.1) is 11.9 Å². The first-order valence-electron chi connectivity index (χ1n) is 11.2. The number of anilines is 3. The standard InChI is InChI=1S/C20H25FN4.2C2H6/c1-5-14-19-24(13(3)4)17-11-22-12-23-18(17)25(19)16-10-8-7-9-15(16)20(14,21)6-2;2*1-2/h7-14,19H,5-6H2,1-4H3;2*1-2H3. The van der Waals surface area contributed by atoms with Crippen molar-refractivity contribution in [2.24, 2.45) is 5.92 Å². The molecule has 0 saturated heterocycles. The molecular weight excluding hydrogens is 363 g/mol. The zero-order valence-electron chi connectivity index (χ0n) is 19.3. The van der Waals surface area contributed by atoms with Gasteiger partial charge in [0.1, 0.15) is 23.8 Å². The molecule has 0 bridgehead atoms. The summed E-state index contributed by atoms with van der Waals surface area (Å²) in [6.45, 7) is 16.4. The second-order valence-electron chi connectivity index (χ2n) is 7.26. The Kier molecular flexibility index (Phi) is 7.61. The van der Waals surface area contributed by atoms with Gasteiger partial charge in [0, 0.05) is 17.5 Å². The van der Waals surface area contributed by atoms with E-state index in [0.29, 0.717) is 6.42 Å². The zero-order valence-corrected chi connectivity index (χ0v) is 19.3. The number of fused-ring (bicyclic) bond motifs is 5. The van der Waals surface area contributed by atoms with Crippen LogP contribution in [0.5, 0.6) is 0 Å². The van der Waals surface area contributed by atoms with Crippen molar-refractivity contribution in [2.45, 2.75) is 86.1 Å². The Bertz CT molecular complexity index is 794. The maximum absolute atomic E-state index is 16.4. The maximum Gasteiger partial charge on any atom is 0.161 e. The van der Waals surface area contributed by atoms with Crippen molar-refractivity contribution >= 4 is 17.2 Å². The summed E-state index contributed by atoms with van der Waals surface area (Å²) in [7, 11) is 0. The molecular formula is C24H37FN4. The monoisotopic (exact) mass is 400 g/mol. The predicted molar refractivity (Wildman–Crippen MR) is 122 cm³/mol. The quantitative estimate of drug-likeness (QED) is 0.565. The van der Waals surface area contributed by atoms with E-state index in [-0.39, 0.29) is 18.1 Å². The summed E-state index contributed by atoms with van der Waals surface area (Å²) in [5, 5.41) is 0. The SMILES string of the molecule is CC.CC.CCC1C2N(c3ccccc3C1(F)CC)c1ncncc1N2C(C)C. The van der Waals surface area contributed by atoms with Crippen LogP contribution in [0.25, 0.3) is 0 Å². The van der Waals surface area contributed by atoms with E-state index >= 15 is 4.39 Å². The van der Waals surface area contributed by atoms with Crippen LogP contribution < -0.4 is 9.80 Å². The summed E-state index contributed by atoms with van der Waals surface area (Å²) in [5.74, 6) is 0.752. The molecule has 2 aliphatic rings. The molecule has 160 valence electrons. The number of hydrogen-bond acceptors (Lipinski definition) is 4. The van der Waals surface area contributed by atoms with Crippen LogP contribution in [0.3, 0.4) is 0 Å². The van der Waals surface area contributed by atoms with Gasteiger partial charge in [-0.3, -0.25) is 0 Å². The van der Waals surface area contributed by atoms with E-state index in [2.05, 4.69) is 40.5 Å². The molecule has 0 fully saturated rings. The van der Waals surface area contributed by atoms with Gasteiger partial charge in [-0.25, -0.2) is 14.4 Å². The van der Waals surface area contributed by atoms with E-state index in [0.717, 1.165) is 29.2 Å². The van der Waals surface area contributed by atoms with Crippen LogP contribution >= 0.6 is 0 Å². The smallest absolute Gasteiger partial charge is 0.161 e. The van der Waals surface area contributed by atoms with Gasteiger partial charge in [-0.15, -0.1) is 0 Å². The van der Waals surface area contributed by atoms with Gasteiger partial charge in [-0.1, -0.05) is 59.7 Å². The molecule has 2 aromatic rings. The Labute approximate surface area is 176 Å². The lowest BCUT2D eigenvalue weighted by Crippen LogP contribution is -2.57. The number of halogens is 1. The number of alkyl halides is 1. The topological polar surface area (TPSA) is 32.3 Å². The third-order valence-electron chi connectivity index (χ3n) is 5.80. The molecule has 0 saturated carbocycles. The van der Waals surface area contributed by atoms with E-state index in [1.807, 2.05) is 65.1 Å². The van der Waals surface area contributed by atoms with Crippen LogP contribution in [0, 0.1) is 5.92 Å². The number of benzene rings is 1. The van der Waals surface area contributed by atoms with E-state index < -0.39 is 5.67 Å². The molecule has 0 spiro atoms. The summed E-state index contributed by atoms with van der Waals surface area (Å²) in [6.07, 6.45) is 4.62. The fraction of sp³-hybridized carbons (Fsp3) is 0.583. The molecule has 0 aliphatic carbocycles. The summed E-state index contributed by atoms with van der Waals surface area (Å²) in [4.78, 5) is 13.3. The van der Waals surface area contributed by atoms with Crippen LogP contribution in [0.15, 0.2) is 36.8 Å². The first kappa shape index (κ1) is 23.1. The Morgan fingerprint density at radius 1 is 1.07 bits per heavy atom. The lowest BCUT2D eigenvalue weighted by atomic mass is 9.73. The zero-order chi connectivity index (χ0) is 21.8. The fourth-order valence-corrected chi connectivity index (χ4v) is 4.75. The minimum Gasteiger partial charge on any atom is -0.344 e. The number of para-hydroxylation sites is 1. The summed E-state index contributed by atoms with van der Waals surface area (Å²) in [5.41, 5.74) is 1.38. The van der Waals surface area contributed by atoms with Gasteiger partial charge in [0.25, 0.3) is 0 Å². The normalized spacial score (nSPS) is 23.9. The highest BCUT2D eigenvalue weighted by molar-refractivity contribution is 5.83. The van der Waals surface area contributed by atoms with Gasteiger partial charge in [0.15, 0.2) is 5.82 Å². The first-order valence-corrected chi connectivity index (χ1v) is 11.2. The molecule has 0 amide bonds. The molecule has 3 unspecified atom stereocenters. The van der Waals surface area contributed by atoms with Crippen LogP contribution in [0.4, 0.5) is 21.6 Å². The average molecular weight is 401 g/mol. The van der Waals surface area contributed by atoms with Crippen LogP contribution in [0.2, 0.25) is 0 Å². The fourth-order valence-electron chi connectivity index (χ4n) is 4.75. The van der Waals surface area contributed by atoms with Crippen molar-refractivity contribution in [1.29, 1.82) is 0 Å².